The van der Waals surface area contributed by atoms with Gasteiger partial charge in [0, 0.05) is 19.1 Å². The summed E-state index contributed by atoms with van der Waals surface area (Å²) in [5, 5.41) is 3.53. The van der Waals surface area contributed by atoms with E-state index in [2.05, 4.69) is 28.4 Å². The second-order valence-corrected chi connectivity index (χ2v) is 6.29. The van der Waals surface area contributed by atoms with Crippen LogP contribution in [0.5, 0.6) is 5.75 Å². The molecule has 4 heteroatoms. The highest BCUT2D eigenvalue weighted by Crippen LogP contribution is 2.27. The van der Waals surface area contributed by atoms with E-state index in [1.54, 1.807) is 7.11 Å². The zero-order chi connectivity index (χ0) is 16.8. The van der Waals surface area contributed by atoms with Crippen LogP contribution >= 0.6 is 0 Å². The second kappa shape index (κ2) is 8.27. The van der Waals surface area contributed by atoms with E-state index in [0.29, 0.717) is 6.04 Å². The van der Waals surface area contributed by atoms with Crippen LogP contribution < -0.4 is 10.1 Å². The zero-order valence-corrected chi connectivity index (χ0v) is 14.2. The summed E-state index contributed by atoms with van der Waals surface area (Å²) in [7, 11) is 1.71. The molecule has 3 rings (SSSR count). The average molecular weight is 328 g/mol. The summed E-state index contributed by atoms with van der Waals surface area (Å²) < 4.78 is 18.4. The molecule has 1 atom stereocenters. The third-order valence-electron chi connectivity index (χ3n) is 4.64. The lowest BCUT2D eigenvalue weighted by Gasteiger charge is -2.28. The van der Waals surface area contributed by atoms with Crippen LogP contribution in [0.2, 0.25) is 0 Å². The standard InChI is InChI=1S/C20H25FN2O/c1-24-19-6-4-5-17(13-19)20(23-11-2-3-12-23)15-22-14-16-7-9-18(21)10-8-16/h4-10,13,20,22H,2-3,11-12,14-15H2,1H3. The molecule has 1 fully saturated rings. The Labute approximate surface area is 143 Å². The van der Waals surface area contributed by atoms with Crippen molar-refractivity contribution in [1.82, 2.24) is 10.2 Å². The SMILES string of the molecule is COc1cccc(C(CNCc2ccc(F)cc2)N2CCCC2)c1. The van der Waals surface area contributed by atoms with E-state index in [4.69, 9.17) is 4.74 Å². The average Bonchev–Trinajstić information content (AvgIpc) is 3.14. The Balaban J connectivity index is 1.66. The fraction of sp³-hybridized carbons (Fsp3) is 0.400. The molecule has 1 heterocycles. The molecule has 1 N–H and O–H groups in total. The quantitative estimate of drug-likeness (QED) is 0.837. The number of ether oxygens (including phenoxy) is 1. The summed E-state index contributed by atoms with van der Waals surface area (Å²) in [5.41, 5.74) is 2.38. The summed E-state index contributed by atoms with van der Waals surface area (Å²) in [4.78, 5) is 2.53. The molecule has 1 aliphatic heterocycles. The van der Waals surface area contributed by atoms with Gasteiger partial charge >= 0.3 is 0 Å². The van der Waals surface area contributed by atoms with E-state index in [9.17, 15) is 4.39 Å². The normalized spacial score (nSPS) is 16.2. The van der Waals surface area contributed by atoms with Gasteiger partial charge in [0.1, 0.15) is 11.6 Å². The number of hydrogen-bond acceptors (Lipinski definition) is 3. The molecule has 0 spiro atoms. The predicted molar refractivity (Wildman–Crippen MR) is 94.6 cm³/mol. The van der Waals surface area contributed by atoms with Gasteiger partial charge in [-0.05, 0) is 61.3 Å². The maximum Gasteiger partial charge on any atom is 0.123 e. The molecule has 0 radical (unpaired) electrons. The Morgan fingerprint density at radius 3 is 2.58 bits per heavy atom. The largest absolute Gasteiger partial charge is 0.497 e. The monoisotopic (exact) mass is 328 g/mol. The van der Waals surface area contributed by atoms with Crippen molar-refractivity contribution in [3.63, 3.8) is 0 Å². The number of nitrogens with one attached hydrogen (secondary N) is 1. The first-order valence-corrected chi connectivity index (χ1v) is 8.59. The minimum absolute atomic E-state index is 0.190. The van der Waals surface area contributed by atoms with Gasteiger partial charge in [0.25, 0.3) is 0 Å². The summed E-state index contributed by atoms with van der Waals surface area (Å²) in [6.07, 6.45) is 2.52. The molecule has 0 saturated carbocycles. The zero-order valence-electron chi connectivity index (χ0n) is 14.2. The van der Waals surface area contributed by atoms with Gasteiger partial charge in [-0.2, -0.15) is 0 Å². The Bertz CT molecular complexity index is 638. The Hall–Kier alpha value is -1.91. The van der Waals surface area contributed by atoms with Crippen molar-refractivity contribution in [3.05, 3.63) is 65.5 Å². The number of likely N-dealkylation sites (tertiary alicyclic amines) is 1. The molecule has 24 heavy (non-hydrogen) atoms. The van der Waals surface area contributed by atoms with Crippen LogP contribution in [0.1, 0.15) is 30.0 Å². The van der Waals surface area contributed by atoms with E-state index in [0.717, 1.165) is 37.5 Å². The molecule has 0 bridgehead atoms. The van der Waals surface area contributed by atoms with Crippen molar-refractivity contribution >= 4 is 0 Å². The molecular weight excluding hydrogens is 303 g/mol. The van der Waals surface area contributed by atoms with E-state index in [1.165, 1.54) is 30.5 Å². The molecule has 0 aliphatic carbocycles. The maximum atomic E-state index is 13.0. The summed E-state index contributed by atoms with van der Waals surface area (Å²) in [5.74, 6) is 0.709. The number of methoxy groups -OCH3 is 1. The van der Waals surface area contributed by atoms with Crippen molar-refractivity contribution in [2.24, 2.45) is 0 Å². The van der Waals surface area contributed by atoms with E-state index in [1.807, 2.05) is 18.2 Å². The lowest BCUT2D eigenvalue weighted by Crippen LogP contribution is -2.34. The highest BCUT2D eigenvalue weighted by atomic mass is 19.1. The summed E-state index contributed by atoms with van der Waals surface area (Å²) in [6.45, 7) is 3.89. The molecular formula is C20H25FN2O. The topological polar surface area (TPSA) is 24.5 Å². The lowest BCUT2D eigenvalue weighted by atomic mass is 10.0. The Morgan fingerprint density at radius 1 is 1.12 bits per heavy atom. The molecule has 2 aromatic carbocycles. The molecule has 2 aromatic rings. The van der Waals surface area contributed by atoms with Gasteiger partial charge in [0.15, 0.2) is 0 Å². The maximum absolute atomic E-state index is 13.0. The molecule has 0 amide bonds. The third kappa shape index (κ3) is 4.34. The molecule has 1 aliphatic rings. The van der Waals surface area contributed by atoms with Crippen molar-refractivity contribution in [2.75, 3.05) is 26.7 Å². The third-order valence-corrected chi connectivity index (χ3v) is 4.64. The van der Waals surface area contributed by atoms with Crippen molar-refractivity contribution in [3.8, 4) is 5.75 Å². The number of nitrogens with zero attached hydrogens (tertiary/aromatic N) is 1. The lowest BCUT2D eigenvalue weighted by molar-refractivity contribution is 0.238. The van der Waals surface area contributed by atoms with Gasteiger partial charge in [0.05, 0.1) is 7.11 Å². The van der Waals surface area contributed by atoms with E-state index in [-0.39, 0.29) is 5.82 Å². The molecule has 128 valence electrons. The van der Waals surface area contributed by atoms with Gasteiger partial charge in [0.2, 0.25) is 0 Å². The van der Waals surface area contributed by atoms with Crippen LogP contribution in [-0.4, -0.2) is 31.6 Å². The second-order valence-electron chi connectivity index (χ2n) is 6.29. The van der Waals surface area contributed by atoms with Crippen LogP contribution in [-0.2, 0) is 6.54 Å². The van der Waals surface area contributed by atoms with E-state index >= 15 is 0 Å². The Kier molecular flexibility index (Phi) is 5.83. The highest BCUT2D eigenvalue weighted by Gasteiger charge is 2.23. The first-order chi connectivity index (χ1) is 11.8. The first-order valence-electron chi connectivity index (χ1n) is 8.59. The number of halogens is 1. The Morgan fingerprint density at radius 2 is 1.88 bits per heavy atom. The van der Waals surface area contributed by atoms with Crippen LogP contribution in [0.4, 0.5) is 4.39 Å². The summed E-state index contributed by atoms with van der Waals surface area (Å²) >= 11 is 0. The van der Waals surface area contributed by atoms with Crippen molar-refractivity contribution < 1.29 is 9.13 Å². The molecule has 1 unspecified atom stereocenters. The van der Waals surface area contributed by atoms with Gasteiger partial charge < -0.3 is 10.1 Å². The molecule has 1 saturated heterocycles. The minimum atomic E-state index is -0.190. The molecule has 3 nitrogen and oxygen atoms in total. The van der Waals surface area contributed by atoms with Crippen LogP contribution in [0, 0.1) is 5.82 Å². The van der Waals surface area contributed by atoms with Gasteiger partial charge in [-0.3, -0.25) is 4.90 Å². The number of hydrogen-bond donors (Lipinski definition) is 1. The predicted octanol–water partition coefficient (Wildman–Crippen LogP) is 3.76. The highest BCUT2D eigenvalue weighted by molar-refractivity contribution is 5.31. The minimum Gasteiger partial charge on any atom is -0.497 e. The van der Waals surface area contributed by atoms with E-state index < -0.39 is 0 Å². The van der Waals surface area contributed by atoms with Crippen molar-refractivity contribution in [1.29, 1.82) is 0 Å². The van der Waals surface area contributed by atoms with Gasteiger partial charge in [-0.1, -0.05) is 24.3 Å². The van der Waals surface area contributed by atoms with Crippen LogP contribution in [0.25, 0.3) is 0 Å². The van der Waals surface area contributed by atoms with Gasteiger partial charge in [-0.15, -0.1) is 0 Å². The fourth-order valence-electron chi connectivity index (χ4n) is 3.32. The smallest absolute Gasteiger partial charge is 0.123 e. The first kappa shape index (κ1) is 16.9. The van der Waals surface area contributed by atoms with Gasteiger partial charge in [-0.25, -0.2) is 4.39 Å². The van der Waals surface area contributed by atoms with Crippen LogP contribution in [0.3, 0.4) is 0 Å². The fourth-order valence-corrected chi connectivity index (χ4v) is 3.32. The van der Waals surface area contributed by atoms with Crippen molar-refractivity contribution in [2.45, 2.75) is 25.4 Å². The van der Waals surface area contributed by atoms with Crippen LogP contribution in [0.15, 0.2) is 48.5 Å². The number of benzene rings is 2. The number of rotatable bonds is 7. The summed E-state index contributed by atoms with van der Waals surface area (Å²) in [6, 6.07) is 15.4. The molecule has 0 aromatic heterocycles.